The van der Waals surface area contributed by atoms with Gasteiger partial charge in [0.2, 0.25) is 0 Å². The molecule has 2 aromatic rings. The second-order valence-corrected chi connectivity index (χ2v) is 10.3. The average molecular weight is 492 g/mol. The zero-order valence-electron chi connectivity index (χ0n) is 20.0. The summed E-state index contributed by atoms with van der Waals surface area (Å²) >= 11 is 6.41. The molecule has 1 aliphatic carbocycles. The number of anilines is 1. The summed E-state index contributed by atoms with van der Waals surface area (Å²) in [6, 6.07) is -0.00957. The van der Waals surface area contributed by atoms with Crippen molar-refractivity contribution in [2.75, 3.05) is 18.0 Å². The summed E-state index contributed by atoms with van der Waals surface area (Å²) < 4.78 is 22.6. The first kappa shape index (κ1) is 24.3. The van der Waals surface area contributed by atoms with Crippen LogP contribution in [0.4, 0.5) is 15.0 Å². The number of hydrogen-bond donors (Lipinski definition) is 1. The second kappa shape index (κ2) is 9.44. The average Bonchev–Trinajstić information content (AvgIpc) is 3.35. The fourth-order valence-electron chi connectivity index (χ4n) is 4.50. The molecule has 1 N–H and O–H groups in total. The largest absolute Gasteiger partial charge is 0.444 e. The first-order chi connectivity index (χ1) is 16.0. The van der Waals surface area contributed by atoms with E-state index in [9.17, 15) is 14.0 Å². The van der Waals surface area contributed by atoms with E-state index in [0.717, 1.165) is 30.5 Å². The van der Waals surface area contributed by atoms with E-state index in [2.05, 4.69) is 10.2 Å². The predicted octanol–water partition coefficient (Wildman–Crippen LogP) is 3.86. The van der Waals surface area contributed by atoms with Crippen molar-refractivity contribution in [1.29, 1.82) is 0 Å². The topological polar surface area (TPSA) is 80.9 Å². The Balaban J connectivity index is 1.68. The number of rotatable bonds is 5. The molecule has 1 saturated heterocycles. The number of carbonyl (C=O) groups excluding carboxylic acids is 1. The Morgan fingerprint density at radius 1 is 1.35 bits per heavy atom. The van der Waals surface area contributed by atoms with Crippen LogP contribution in [0.15, 0.2) is 39.9 Å². The highest BCUT2D eigenvalue weighted by molar-refractivity contribution is 6.31. The normalized spacial score (nSPS) is 20.9. The van der Waals surface area contributed by atoms with E-state index in [1.807, 2.05) is 20.8 Å². The number of aryl methyl sites for hydroxylation is 1. The molecule has 1 amide bonds. The lowest BCUT2D eigenvalue weighted by molar-refractivity contribution is 0.0525. The van der Waals surface area contributed by atoms with E-state index in [1.54, 1.807) is 30.0 Å². The van der Waals surface area contributed by atoms with E-state index >= 15 is 0 Å². The molecule has 2 aliphatic rings. The van der Waals surface area contributed by atoms with E-state index in [0.29, 0.717) is 29.3 Å². The zero-order valence-corrected chi connectivity index (χ0v) is 20.7. The predicted molar refractivity (Wildman–Crippen MR) is 130 cm³/mol. The SMILES string of the molecule is Cn1ccn2nc(N3CCCC3CNC(=O)OC(C)(C)C)c(CC3=C(Cl)C=CC(F)C3)c2c1=O. The van der Waals surface area contributed by atoms with Crippen LogP contribution < -0.4 is 15.8 Å². The van der Waals surface area contributed by atoms with Crippen LogP contribution in [-0.2, 0) is 18.2 Å². The number of hydrogen-bond acceptors (Lipinski definition) is 5. The van der Waals surface area contributed by atoms with Gasteiger partial charge in [0.15, 0.2) is 5.82 Å². The van der Waals surface area contributed by atoms with Gasteiger partial charge in [-0.05, 0) is 51.3 Å². The highest BCUT2D eigenvalue weighted by Gasteiger charge is 2.32. The van der Waals surface area contributed by atoms with Crippen LogP contribution in [0.5, 0.6) is 0 Å². The molecule has 2 atom stereocenters. The summed E-state index contributed by atoms with van der Waals surface area (Å²) in [7, 11) is 1.69. The van der Waals surface area contributed by atoms with E-state index in [4.69, 9.17) is 21.4 Å². The van der Waals surface area contributed by atoms with Gasteiger partial charge in [0.25, 0.3) is 5.56 Å². The number of aromatic nitrogens is 3. The Labute approximate surface area is 203 Å². The van der Waals surface area contributed by atoms with Gasteiger partial charge in [0.05, 0.1) is 0 Å². The number of amides is 1. The van der Waals surface area contributed by atoms with Crippen LogP contribution in [0.1, 0.15) is 45.6 Å². The first-order valence-electron chi connectivity index (χ1n) is 11.5. The molecule has 34 heavy (non-hydrogen) atoms. The third-order valence-electron chi connectivity index (χ3n) is 6.09. The lowest BCUT2D eigenvalue weighted by Crippen LogP contribution is -2.42. The summed E-state index contributed by atoms with van der Waals surface area (Å²) in [5, 5.41) is 8.10. The van der Waals surface area contributed by atoms with Crippen LogP contribution in [0.3, 0.4) is 0 Å². The summed E-state index contributed by atoms with van der Waals surface area (Å²) in [4.78, 5) is 27.4. The van der Waals surface area contributed by atoms with Gasteiger partial charge in [-0.15, -0.1) is 5.10 Å². The number of ether oxygens (including phenoxy) is 1. The molecular weight excluding hydrogens is 461 g/mol. The first-order valence-corrected chi connectivity index (χ1v) is 11.9. The van der Waals surface area contributed by atoms with Crippen molar-refractivity contribution in [3.63, 3.8) is 0 Å². The molecule has 0 spiro atoms. The molecular formula is C24H31ClFN5O3. The molecule has 2 unspecified atom stereocenters. The minimum Gasteiger partial charge on any atom is -0.444 e. The minimum absolute atomic E-state index is 0.00957. The maximum absolute atomic E-state index is 14.1. The smallest absolute Gasteiger partial charge is 0.407 e. The Morgan fingerprint density at radius 2 is 2.12 bits per heavy atom. The highest BCUT2D eigenvalue weighted by Crippen LogP contribution is 2.34. The fraction of sp³-hybridized carbons (Fsp3) is 0.542. The quantitative estimate of drug-likeness (QED) is 0.687. The standard InChI is InChI=1S/C24H31ClFN5O3/c1-24(2,3)34-23(33)27-14-17-6-5-9-30(17)21-18(13-15-12-16(26)7-8-19(15)25)20-22(32)29(4)10-11-31(20)28-21/h7-8,10-11,16-17H,5-6,9,12-14H2,1-4H3,(H,27,33). The summed E-state index contributed by atoms with van der Waals surface area (Å²) in [5.74, 6) is 0.665. The molecule has 10 heteroatoms. The Hall–Kier alpha value is -2.81. The van der Waals surface area contributed by atoms with E-state index in [-0.39, 0.29) is 18.0 Å². The van der Waals surface area contributed by atoms with Gasteiger partial charge in [0, 0.05) is 62.0 Å². The third-order valence-corrected chi connectivity index (χ3v) is 6.49. The molecule has 184 valence electrons. The summed E-state index contributed by atoms with van der Waals surface area (Å²) in [6.45, 7) is 6.58. The van der Waals surface area contributed by atoms with Crippen LogP contribution in [0.2, 0.25) is 0 Å². The number of allylic oxidation sites excluding steroid dienone is 4. The van der Waals surface area contributed by atoms with Crippen molar-refractivity contribution < 1.29 is 13.9 Å². The monoisotopic (exact) mass is 491 g/mol. The molecule has 0 saturated carbocycles. The summed E-state index contributed by atoms with van der Waals surface area (Å²) in [6.07, 6.45) is 7.14. The number of halogens is 2. The van der Waals surface area contributed by atoms with Crippen LogP contribution >= 0.6 is 11.6 Å². The molecule has 2 aromatic heterocycles. The number of alkyl halides is 1. The van der Waals surface area contributed by atoms with Gasteiger partial charge in [-0.1, -0.05) is 11.6 Å². The van der Waals surface area contributed by atoms with Crippen molar-refractivity contribution in [3.05, 3.63) is 51.1 Å². The minimum atomic E-state index is -1.11. The van der Waals surface area contributed by atoms with Gasteiger partial charge in [-0.3, -0.25) is 4.79 Å². The number of alkyl carbamates (subject to hydrolysis) is 1. The number of nitrogens with zero attached hydrogens (tertiary/aromatic N) is 4. The van der Waals surface area contributed by atoms with Crippen molar-refractivity contribution in [3.8, 4) is 0 Å². The number of fused-ring (bicyclic) bond motifs is 1. The van der Waals surface area contributed by atoms with Crippen molar-refractivity contribution in [2.24, 2.45) is 7.05 Å². The van der Waals surface area contributed by atoms with E-state index in [1.165, 1.54) is 10.6 Å². The van der Waals surface area contributed by atoms with Gasteiger partial charge < -0.3 is 19.5 Å². The van der Waals surface area contributed by atoms with Crippen molar-refractivity contribution in [1.82, 2.24) is 19.5 Å². The Morgan fingerprint density at radius 3 is 2.85 bits per heavy atom. The van der Waals surface area contributed by atoms with E-state index < -0.39 is 17.9 Å². The van der Waals surface area contributed by atoms with Gasteiger partial charge in [-0.25, -0.2) is 13.7 Å². The molecule has 3 heterocycles. The number of nitrogens with one attached hydrogen (secondary N) is 1. The van der Waals surface area contributed by atoms with Crippen LogP contribution in [0.25, 0.3) is 5.52 Å². The van der Waals surface area contributed by atoms with Gasteiger partial charge in [-0.2, -0.15) is 0 Å². The molecule has 8 nitrogen and oxygen atoms in total. The molecule has 0 bridgehead atoms. The van der Waals surface area contributed by atoms with Crippen molar-refractivity contribution >= 4 is 29.0 Å². The van der Waals surface area contributed by atoms with Crippen molar-refractivity contribution in [2.45, 2.75) is 64.3 Å². The zero-order chi connectivity index (χ0) is 24.6. The lowest BCUT2D eigenvalue weighted by atomic mass is 9.96. The fourth-order valence-corrected chi connectivity index (χ4v) is 4.72. The van der Waals surface area contributed by atoms with Gasteiger partial charge >= 0.3 is 6.09 Å². The molecule has 0 aromatic carbocycles. The Kier molecular flexibility index (Phi) is 6.75. The molecule has 1 fully saturated rings. The molecule has 0 radical (unpaired) electrons. The lowest BCUT2D eigenvalue weighted by Gasteiger charge is -2.27. The van der Waals surface area contributed by atoms with Crippen LogP contribution in [-0.4, -0.2) is 51.2 Å². The van der Waals surface area contributed by atoms with Crippen LogP contribution in [0, 0.1) is 0 Å². The third kappa shape index (κ3) is 5.14. The Bertz CT molecular complexity index is 1210. The highest BCUT2D eigenvalue weighted by atomic mass is 35.5. The maximum atomic E-state index is 14.1. The second-order valence-electron chi connectivity index (χ2n) is 9.89. The molecule has 1 aliphatic heterocycles. The molecule has 4 rings (SSSR count). The number of carbonyl (C=O) groups is 1. The summed E-state index contributed by atoms with van der Waals surface area (Å²) in [5.41, 5.74) is 1.15. The van der Waals surface area contributed by atoms with Gasteiger partial charge in [0.1, 0.15) is 17.3 Å². The maximum Gasteiger partial charge on any atom is 0.407 e.